The van der Waals surface area contributed by atoms with Gasteiger partial charge in [0.1, 0.15) is 17.3 Å². The summed E-state index contributed by atoms with van der Waals surface area (Å²) in [5.74, 6) is -6.65. The molecule has 3 aromatic rings. The van der Waals surface area contributed by atoms with E-state index in [-0.39, 0.29) is 45.8 Å². The predicted octanol–water partition coefficient (Wildman–Crippen LogP) is 1.78. The Balaban J connectivity index is 1.52. The first-order valence-electron chi connectivity index (χ1n) is 11.0. The minimum Gasteiger partial charge on any atom is -0.383 e. The molecule has 1 saturated heterocycles. The second-order valence-corrected chi connectivity index (χ2v) is 8.84. The van der Waals surface area contributed by atoms with Gasteiger partial charge in [0.15, 0.2) is 16.9 Å². The fraction of sp³-hybridized carbons (Fsp3) is 0.429. The van der Waals surface area contributed by atoms with E-state index < -0.39 is 42.3 Å². The molecule has 2 aliphatic heterocycles. The number of nitrogens with zero attached hydrogens (tertiary/aromatic N) is 5. The molecule has 0 spiro atoms. The first-order chi connectivity index (χ1) is 17.3. The van der Waals surface area contributed by atoms with Crippen molar-refractivity contribution in [1.82, 2.24) is 30.0 Å². The van der Waals surface area contributed by atoms with Crippen molar-refractivity contribution in [2.45, 2.75) is 43.4 Å². The summed E-state index contributed by atoms with van der Waals surface area (Å²) >= 11 is 0. The molecular weight excluding hydrogens is 507 g/mol. The van der Waals surface area contributed by atoms with Gasteiger partial charge in [-0.05, 0) is 19.1 Å². The van der Waals surface area contributed by atoms with Gasteiger partial charge in [-0.15, -0.1) is 0 Å². The van der Waals surface area contributed by atoms with Crippen LogP contribution in [0.5, 0.6) is 0 Å². The molecule has 16 heteroatoms. The number of pyridine rings is 1. The van der Waals surface area contributed by atoms with Gasteiger partial charge in [0, 0.05) is 19.2 Å². The van der Waals surface area contributed by atoms with Crippen LogP contribution >= 0.6 is 0 Å². The van der Waals surface area contributed by atoms with Gasteiger partial charge >= 0.3 is 12.1 Å². The Hall–Kier alpha value is -3.95. The number of aromatic nitrogens is 5. The molecule has 37 heavy (non-hydrogen) atoms. The summed E-state index contributed by atoms with van der Waals surface area (Å²) in [6, 6.07) is 2.76. The number of hydrogen-bond donors (Lipinski definition) is 3. The number of nitrogens with two attached hydrogens (primary N) is 1. The highest BCUT2D eigenvalue weighted by Gasteiger charge is 2.57. The van der Waals surface area contributed by atoms with Crippen molar-refractivity contribution < 1.29 is 36.3 Å². The highest BCUT2D eigenvalue weighted by molar-refractivity contribution is 6.21. The first kappa shape index (κ1) is 24.7. The van der Waals surface area contributed by atoms with Crippen LogP contribution in [-0.4, -0.2) is 67.9 Å². The molecule has 11 nitrogen and oxygen atoms in total. The zero-order valence-electron chi connectivity index (χ0n) is 19.1. The maximum Gasteiger partial charge on any atom is 0.453 e. The van der Waals surface area contributed by atoms with E-state index in [0.717, 1.165) is 4.68 Å². The minimum atomic E-state index is -5.72. The van der Waals surface area contributed by atoms with Gasteiger partial charge in [-0.1, -0.05) is 0 Å². The molecule has 4 N–H and O–H groups in total. The van der Waals surface area contributed by atoms with Gasteiger partial charge in [-0.25, -0.2) is 19.6 Å². The van der Waals surface area contributed by atoms with E-state index in [4.69, 9.17) is 10.5 Å². The molecular formula is C21H19F5N8O3. The zero-order valence-corrected chi connectivity index (χ0v) is 19.1. The molecule has 3 aromatic heterocycles. The molecule has 2 aliphatic rings. The van der Waals surface area contributed by atoms with Crippen molar-refractivity contribution in [1.29, 1.82) is 0 Å². The second kappa shape index (κ2) is 8.29. The zero-order chi connectivity index (χ0) is 26.8. The third kappa shape index (κ3) is 3.91. The predicted molar refractivity (Wildman–Crippen MR) is 117 cm³/mol. The molecule has 5 heterocycles. The van der Waals surface area contributed by atoms with Crippen LogP contribution in [0.4, 0.5) is 33.6 Å². The van der Waals surface area contributed by atoms with Crippen molar-refractivity contribution in [3.8, 4) is 11.5 Å². The Labute approximate surface area is 204 Å². The normalized spacial score (nSPS) is 20.0. The van der Waals surface area contributed by atoms with Crippen LogP contribution < -0.4 is 16.4 Å². The van der Waals surface area contributed by atoms with E-state index in [1.54, 1.807) is 0 Å². The van der Waals surface area contributed by atoms with Gasteiger partial charge < -0.3 is 21.1 Å². The standard InChI is InChI=1S/C21H19F5N8O3/c1-19(17(35)29-9-7-37-8-9)11-13(27)30-15(31-14(11)32-18(19)36)12-10-3-2-5-28-16(10)34(33-12)6-4-20(22,23)21(24,25)26/h2-3,5,9H,4,6-8H2,1H3,(H,29,35)(H3,27,30,31,32,36). The Morgan fingerprint density at radius 3 is 2.68 bits per heavy atom. The number of carbonyl (C=O) groups excluding carboxylic acids is 2. The SMILES string of the molecule is CC1(C(=O)NC2COC2)C(=O)Nc2nc(-c3nn(CCC(F)(F)C(F)(F)F)c4ncccc34)nc(N)c21. The molecule has 5 rings (SSSR count). The Morgan fingerprint density at radius 1 is 1.30 bits per heavy atom. The second-order valence-electron chi connectivity index (χ2n) is 8.84. The molecule has 0 aliphatic carbocycles. The first-order valence-corrected chi connectivity index (χ1v) is 11.0. The van der Waals surface area contributed by atoms with E-state index in [2.05, 4.69) is 30.7 Å². The molecule has 1 unspecified atom stereocenters. The number of hydrogen-bond acceptors (Lipinski definition) is 8. The van der Waals surface area contributed by atoms with Crippen LogP contribution in [-0.2, 0) is 26.3 Å². The smallest absolute Gasteiger partial charge is 0.383 e. The van der Waals surface area contributed by atoms with Gasteiger partial charge in [0.05, 0.1) is 30.2 Å². The average molecular weight is 526 g/mol. The number of anilines is 2. The third-order valence-electron chi connectivity index (χ3n) is 6.32. The lowest BCUT2D eigenvalue weighted by Gasteiger charge is -2.30. The fourth-order valence-electron chi connectivity index (χ4n) is 4.10. The summed E-state index contributed by atoms with van der Waals surface area (Å²) < 4.78 is 70.9. The maximum atomic E-state index is 13.5. The lowest BCUT2D eigenvalue weighted by Crippen LogP contribution is -2.56. The number of rotatable bonds is 6. The van der Waals surface area contributed by atoms with Gasteiger partial charge in [0.25, 0.3) is 0 Å². The molecule has 2 amide bonds. The summed E-state index contributed by atoms with van der Waals surface area (Å²) in [5, 5.41) is 9.60. The lowest BCUT2D eigenvalue weighted by molar-refractivity contribution is -0.285. The summed E-state index contributed by atoms with van der Waals surface area (Å²) in [6.45, 7) is 1.18. The van der Waals surface area contributed by atoms with Gasteiger partial charge in [0.2, 0.25) is 11.8 Å². The number of fused-ring (bicyclic) bond motifs is 2. The Bertz CT molecular complexity index is 1420. The summed E-state index contributed by atoms with van der Waals surface area (Å²) in [5.41, 5.74) is 4.48. The number of ether oxygens (including phenoxy) is 1. The van der Waals surface area contributed by atoms with E-state index in [1.807, 2.05) is 0 Å². The molecule has 1 atom stereocenters. The maximum absolute atomic E-state index is 13.5. The van der Waals surface area contributed by atoms with Crippen LogP contribution in [0, 0.1) is 0 Å². The minimum absolute atomic E-state index is 0.00755. The quantitative estimate of drug-likeness (QED) is 0.325. The lowest BCUT2D eigenvalue weighted by atomic mass is 9.83. The molecule has 1 fully saturated rings. The van der Waals surface area contributed by atoms with Gasteiger partial charge in [-0.2, -0.15) is 27.1 Å². The van der Waals surface area contributed by atoms with Crippen molar-refractivity contribution in [3.05, 3.63) is 23.9 Å². The van der Waals surface area contributed by atoms with E-state index in [9.17, 15) is 31.5 Å². The van der Waals surface area contributed by atoms with Crippen molar-refractivity contribution >= 4 is 34.5 Å². The van der Waals surface area contributed by atoms with Crippen LogP contribution in [0.2, 0.25) is 0 Å². The molecule has 0 saturated carbocycles. The number of amides is 2. The van der Waals surface area contributed by atoms with E-state index >= 15 is 0 Å². The van der Waals surface area contributed by atoms with Crippen molar-refractivity contribution in [2.24, 2.45) is 0 Å². The summed E-state index contributed by atoms with van der Waals surface area (Å²) in [7, 11) is 0. The summed E-state index contributed by atoms with van der Waals surface area (Å²) in [4.78, 5) is 38.3. The van der Waals surface area contributed by atoms with E-state index in [0.29, 0.717) is 13.2 Å². The highest BCUT2D eigenvalue weighted by Crippen LogP contribution is 2.42. The number of nitrogens with one attached hydrogen (secondary N) is 2. The summed E-state index contributed by atoms with van der Waals surface area (Å²) in [6.07, 6.45) is -5.96. The highest BCUT2D eigenvalue weighted by atomic mass is 19.4. The van der Waals surface area contributed by atoms with Crippen LogP contribution in [0.3, 0.4) is 0 Å². The largest absolute Gasteiger partial charge is 0.453 e. The number of carbonyl (C=O) groups is 2. The average Bonchev–Trinajstić information content (AvgIpc) is 3.29. The molecule has 0 bridgehead atoms. The van der Waals surface area contributed by atoms with Crippen molar-refractivity contribution in [2.75, 3.05) is 24.3 Å². The monoisotopic (exact) mass is 526 g/mol. The molecule has 0 radical (unpaired) electrons. The van der Waals surface area contributed by atoms with Crippen LogP contribution in [0.15, 0.2) is 18.3 Å². The Morgan fingerprint density at radius 2 is 2.03 bits per heavy atom. The number of alkyl halides is 5. The van der Waals surface area contributed by atoms with Gasteiger partial charge in [-0.3, -0.25) is 9.59 Å². The Kier molecular flexibility index (Phi) is 5.54. The van der Waals surface area contributed by atoms with E-state index in [1.165, 1.54) is 25.3 Å². The number of halogens is 5. The molecule has 0 aromatic carbocycles. The van der Waals surface area contributed by atoms with Crippen LogP contribution in [0.25, 0.3) is 22.6 Å². The number of nitrogen functional groups attached to an aromatic ring is 1. The third-order valence-corrected chi connectivity index (χ3v) is 6.32. The van der Waals surface area contributed by atoms with Crippen molar-refractivity contribution in [3.63, 3.8) is 0 Å². The van der Waals surface area contributed by atoms with Crippen LogP contribution in [0.1, 0.15) is 18.9 Å². The fourth-order valence-corrected chi connectivity index (χ4v) is 4.10. The molecule has 196 valence electrons. The number of aryl methyl sites for hydroxylation is 1. The topological polar surface area (TPSA) is 150 Å².